The molecule has 1 amide bonds. The maximum Gasteiger partial charge on any atom is 0.248 e. The Bertz CT molecular complexity index is 1030. The summed E-state index contributed by atoms with van der Waals surface area (Å²) in [6.45, 7) is 0.403. The summed E-state index contributed by atoms with van der Waals surface area (Å²) in [6, 6.07) is 16.4. The number of halogens is 1. The van der Waals surface area contributed by atoms with Crippen LogP contribution in [0.1, 0.15) is 18.4 Å². The Labute approximate surface area is 175 Å². The van der Waals surface area contributed by atoms with E-state index in [1.807, 2.05) is 52.7 Å². The zero-order chi connectivity index (χ0) is 19.1. The average molecular weight is 459 g/mol. The molecule has 0 aliphatic rings. The molecule has 3 aromatic rings. The molecular weight excluding hydrogens is 440 g/mol. The topological polar surface area (TPSA) is 34.4 Å². The lowest BCUT2D eigenvalue weighted by Crippen LogP contribution is -2.16. The zero-order valence-corrected chi connectivity index (χ0v) is 17.9. The van der Waals surface area contributed by atoms with Gasteiger partial charge in [0, 0.05) is 16.6 Å². The Morgan fingerprint density at radius 1 is 1.26 bits per heavy atom. The van der Waals surface area contributed by atoms with E-state index in [2.05, 4.69) is 39.0 Å². The van der Waals surface area contributed by atoms with Crippen molar-refractivity contribution in [1.29, 1.82) is 0 Å². The molecule has 0 N–H and O–H groups in total. The molecule has 0 fully saturated rings. The highest BCUT2D eigenvalue weighted by molar-refractivity contribution is 9.10. The van der Waals surface area contributed by atoms with Crippen LogP contribution in [0, 0.1) is 12.3 Å². The number of thioether (sulfide) groups is 1. The van der Waals surface area contributed by atoms with Crippen molar-refractivity contribution in [2.45, 2.75) is 25.1 Å². The summed E-state index contributed by atoms with van der Waals surface area (Å²) in [5, 5.41) is 0. The van der Waals surface area contributed by atoms with Gasteiger partial charge in [-0.15, -0.1) is 6.42 Å². The Morgan fingerprint density at radius 2 is 2.07 bits per heavy atom. The van der Waals surface area contributed by atoms with Gasteiger partial charge in [0.2, 0.25) is 5.91 Å². The highest BCUT2D eigenvalue weighted by atomic mass is 79.9. The molecule has 3 nitrogen and oxygen atoms in total. The third kappa shape index (κ3) is 5.58. The first-order valence-electron chi connectivity index (χ1n) is 8.59. The van der Waals surface area contributed by atoms with Crippen LogP contribution in [-0.2, 0) is 17.1 Å². The molecule has 0 aliphatic carbocycles. The summed E-state index contributed by atoms with van der Waals surface area (Å²) in [7, 11) is 0. The van der Waals surface area contributed by atoms with Crippen molar-refractivity contribution in [2.24, 2.45) is 4.99 Å². The van der Waals surface area contributed by atoms with Crippen molar-refractivity contribution in [2.75, 3.05) is 5.75 Å². The summed E-state index contributed by atoms with van der Waals surface area (Å²) in [5.41, 5.74) is 2.32. The maximum absolute atomic E-state index is 12.3. The number of benzene rings is 2. The van der Waals surface area contributed by atoms with Gasteiger partial charge < -0.3 is 4.57 Å². The van der Waals surface area contributed by atoms with E-state index in [4.69, 9.17) is 6.42 Å². The predicted molar refractivity (Wildman–Crippen MR) is 119 cm³/mol. The normalized spacial score (nSPS) is 11.6. The maximum atomic E-state index is 12.3. The van der Waals surface area contributed by atoms with E-state index in [1.54, 1.807) is 0 Å². The smallest absolute Gasteiger partial charge is 0.248 e. The molecule has 0 unspecified atom stereocenters. The number of carbonyl (C=O) groups excluding carboxylic acids is 1. The number of terminal acetylenes is 1. The highest BCUT2D eigenvalue weighted by Gasteiger charge is 2.08. The van der Waals surface area contributed by atoms with Crippen LogP contribution in [0.25, 0.3) is 10.2 Å². The number of hydrogen-bond acceptors (Lipinski definition) is 3. The van der Waals surface area contributed by atoms with Crippen LogP contribution in [0.3, 0.4) is 0 Å². The Balaban J connectivity index is 1.61. The van der Waals surface area contributed by atoms with Gasteiger partial charge in [-0.1, -0.05) is 63.5 Å². The number of aromatic nitrogens is 1. The van der Waals surface area contributed by atoms with Crippen molar-refractivity contribution < 1.29 is 4.79 Å². The van der Waals surface area contributed by atoms with Crippen LogP contribution in [-0.4, -0.2) is 16.2 Å². The number of nitrogens with zero attached hydrogens (tertiary/aromatic N) is 2. The Morgan fingerprint density at radius 3 is 2.85 bits per heavy atom. The second-order valence-electron chi connectivity index (χ2n) is 5.93. The van der Waals surface area contributed by atoms with E-state index in [-0.39, 0.29) is 5.91 Å². The molecule has 1 aromatic heterocycles. The lowest BCUT2D eigenvalue weighted by Gasteiger charge is -2.01. The summed E-state index contributed by atoms with van der Waals surface area (Å²) >= 11 is 6.81. The second-order valence-corrected chi connectivity index (χ2v) is 8.96. The number of thiazole rings is 1. The first-order chi connectivity index (χ1) is 13.2. The van der Waals surface area contributed by atoms with Gasteiger partial charge in [-0.2, -0.15) is 16.8 Å². The highest BCUT2D eigenvalue weighted by Crippen LogP contribution is 2.22. The van der Waals surface area contributed by atoms with Gasteiger partial charge in [-0.3, -0.25) is 4.79 Å². The number of rotatable bonds is 7. The zero-order valence-electron chi connectivity index (χ0n) is 14.7. The van der Waals surface area contributed by atoms with Gasteiger partial charge in [-0.05, 0) is 35.9 Å². The standard InChI is InChI=1S/C21H19BrN2OS2/c1-2-12-24-18-11-10-17(22)14-19(18)27-21(24)23-20(25)9-6-13-26-15-16-7-4-3-5-8-16/h1,3-5,7-8,10-11,14H,6,9,12-13,15H2. The molecule has 0 aliphatic heterocycles. The molecule has 0 atom stereocenters. The molecule has 6 heteroatoms. The molecule has 0 saturated carbocycles. The lowest BCUT2D eigenvalue weighted by atomic mass is 10.2. The summed E-state index contributed by atoms with van der Waals surface area (Å²) < 4.78 is 3.98. The molecule has 2 aromatic carbocycles. The van der Waals surface area contributed by atoms with Crippen LogP contribution < -0.4 is 4.80 Å². The first kappa shape index (κ1) is 19.9. The number of hydrogen-bond donors (Lipinski definition) is 0. The van der Waals surface area contributed by atoms with Crippen molar-refractivity contribution >= 4 is 55.2 Å². The quantitative estimate of drug-likeness (QED) is 0.358. The molecule has 0 bridgehead atoms. The molecule has 1 heterocycles. The molecular formula is C21H19BrN2OS2. The number of carbonyl (C=O) groups is 1. The molecule has 3 rings (SSSR count). The number of amides is 1. The van der Waals surface area contributed by atoms with Gasteiger partial charge in [-0.25, -0.2) is 0 Å². The van der Waals surface area contributed by atoms with E-state index in [0.717, 1.165) is 32.6 Å². The van der Waals surface area contributed by atoms with Crippen LogP contribution >= 0.6 is 39.0 Å². The third-order valence-electron chi connectivity index (χ3n) is 3.91. The summed E-state index contributed by atoms with van der Waals surface area (Å²) in [5.74, 6) is 4.47. The van der Waals surface area contributed by atoms with Crippen molar-refractivity contribution in [3.8, 4) is 12.3 Å². The molecule has 0 spiro atoms. The van der Waals surface area contributed by atoms with Gasteiger partial charge in [0.15, 0.2) is 4.80 Å². The van der Waals surface area contributed by atoms with Crippen molar-refractivity contribution in [3.05, 3.63) is 63.4 Å². The number of fused-ring (bicyclic) bond motifs is 1. The predicted octanol–water partition coefficient (Wildman–Crippen LogP) is 5.24. The minimum absolute atomic E-state index is 0.0910. The molecule has 0 radical (unpaired) electrons. The summed E-state index contributed by atoms with van der Waals surface area (Å²) in [4.78, 5) is 17.3. The SMILES string of the molecule is C#CCn1c(=NC(=O)CCCSCc2ccccc2)sc2cc(Br)ccc21. The van der Waals surface area contributed by atoms with E-state index in [1.165, 1.54) is 16.9 Å². The Hall–Kier alpha value is -1.81. The fraction of sp³-hybridized carbons (Fsp3) is 0.238. The van der Waals surface area contributed by atoms with Gasteiger partial charge in [0.1, 0.15) is 0 Å². The molecule has 0 saturated heterocycles. The van der Waals surface area contributed by atoms with Crippen LogP contribution in [0.5, 0.6) is 0 Å². The largest absolute Gasteiger partial charge is 0.305 e. The fourth-order valence-electron chi connectivity index (χ4n) is 2.63. The minimum atomic E-state index is -0.0910. The second kappa shape index (κ2) is 9.93. The van der Waals surface area contributed by atoms with Gasteiger partial charge in [0.25, 0.3) is 0 Å². The minimum Gasteiger partial charge on any atom is -0.305 e. The van der Waals surface area contributed by atoms with Crippen molar-refractivity contribution in [1.82, 2.24) is 4.57 Å². The van der Waals surface area contributed by atoms with Gasteiger partial charge in [0.05, 0.1) is 16.8 Å². The van der Waals surface area contributed by atoms with E-state index in [0.29, 0.717) is 17.8 Å². The molecule has 27 heavy (non-hydrogen) atoms. The van der Waals surface area contributed by atoms with E-state index in [9.17, 15) is 4.79 Å². The van der Waals surface area contributed by atoms with Gasteiger partial charge >= 0.3 is 0 Å². The van der Waals surface area contributed by atoms with E-state index < -0.39 is 0 Å². The Kier molecular flexibility index (Phi) is 7.33. The monoisotopic (exact) mass is 458 g/mol. The molecule has 138 valence electrons. The fourth-order valence-corrected chi connectivity index (χ4v) is 5.15. The van der Waals surface area contributed by atoms with Crippen LogP contribution in [0.2, 0.25) is 0 Å². The summed E-state index contributed by atoms with van der Waals surface area (Å²) in [6.07, 6.45) is 6.78. The third-order valence-corrected chi connectivity index (χ3v) is 6.55. The van der Waals surface area contributed by atoms with Crippen molar-refractivity contribution in [3.63, 3.8) is 0 Å². The average Bonchev–Trinajstić information content (AvgIpc) is 2.99. The lowest BCUT2D eigenvalue weighted by molar-refractivity contribution is -0.118. The first-order valence-corrected chi connectivity index (χ1v) is 11.4. The van der Waals surface area contributed by atoms with E-state index >= 15 is 0 Å². The van der Waals surface area contributed by atoms with Crippen LogP contribution in [0.4, 0.5) is 0 Å². The van der Waals surface area contributed by atoms with Crippen LogP contribution in [0.15, 0.2) is 58.0 Å².